The number of rotatable bonds is 11. The molecular formula is C29H38FNO5S2. The summed E-state index contributed by atoms with van der Waals surface area (Å²) in [7, 11) is -3.68. The van der Waals surface area contributed by atoms with Crippen LogP contribution in [0, 0.1) is 16.6 Å². The summed E-state index contributed by atoms with van der Waals surface area (Å²) in [6.45, 7) is 6.91. The molecule has 1 fully saturated rings. The van der Waals surface area contributed by atoms with Crippen molar-refractivity contribution in [3.63, 3.8) is 0 Å². The van der Waals surface area contributed by atoms with E-state index in [2.05, 4.69) is 13.8 Å². The van der Waals surface area contributed by atoms with Crippen molar-refractivity contribution in [1.29, 1.82) is 0 Å². The van der Waals surface area contributed by atoms with Crippen molar-refractivity contribution < 1.29 is 27.1 Å². The highest BCUT2D eigenvalue weighted by atomic mass is 32.2. The molecule has 1 heterocycles. The van der Waals surface area contributed by atoms with Crippen molar-refractivity contribution in [2.75, 3.05) is 36.7 Å². The van der Waals surface area contributed by atoms with Crippen molar-refractivity contribution >= 4 is 38.9 Å². The summed E-state index contributed by atoms with van der Waals surface area (Å²) in [5.41, 5.74) is 0.213. The Bertz CT molecular complexity index is 1260. The molecule has 0 amide bonds. The molecule has 4 rings (SSSR count). The van der Waals surface area contributed by atoms with Gasteiger partial charge in [0.25, 0.3) is 0 Å². The van der Waals surface area contributed by atoms with Gasteiger partial charge in [0.2, 0.25) is 0 Å². The number of thioether (sulfide) groups is 1. The first kappa shape index (κ1) is 28.7. The summed E-state index contributed by atoms with van der Waals surface area (Å²) in [4.78, 5) is 15.5. The number of hydrogen-bond donors (Lipinski definition) is 0. The first-order chi connectivity index (χ1) is 18.1. The van der Waals surface area contributed by atoms with Gasteiger partial charge in [0.1, 0.15) is 23.6 Å². The predicted molar refractivity (Wildman–Crippen MR) is 150 cm³/mol. The van der Waals surface area contributed by atoms with Crippen LogP contribution in [0.25, 0.3) is 0 Å². The van der Waals surface area contributed by atoms with Gasteiger partial charge in [0, 0.05) is 23.7 Å². The van der Waals surface area contributed by atoms with E-state index < -0.39 is 20.7 Å². The van der Waals surface area contributed by atoms with E-state index in [0.717, 1.165) is 29.8 Å². The van der Waals surface area contributed by atoms with Gasteiger partial charge in [-0.3, -0.25) is 4.79 Å². The van der Waals surface area contributed by atoms with Crippen LogP contribution in [-0.2, 0) is 19.4 Å². The number of nitrogens with zero attached hydrogens (tertiary/aromatic N) is 1. The second-order valence-electron chi connectivity index (χ2n) is 10.5. The van der Waals surface area contributed by atoms with Gasteiger partial charge >= 0.3 is 5.97 Å². The lowest BCUT2D eigenvalue weighted by atomic mass is 9.81. The Balaban J connectivity index is 1.80. The van der Waals surface area contributed by atoms with Crippen LogP contribution in [0.3, 0.4) is 0 Å². The van der Waals surface area contributed by atoms with Gasteiger partial charge in [0.05, 0.1) is 27.8 Å². The topological polar surface area (TPSA) is 72.9 Å². The van der Waals surface area contributed by atoms with E-state index in [4.69, 9.17) is 9.47 Å². The molecule has 2 aliphatic rings. The summed E-state index contributed by atoms with van der Waals surface area (Å²) in [6.07, 6.45) is 6.69. The Kier molecular flexibility index (Phi) is 8.67. The SMILES string of the molecule is CCCCC1(CC)CN(c2ccc(F)cc2)c2cc(SC)c(OCC3(C(=O)OCC)CC3)cc2S(=O)(=O)C1. The molecule has 6 nitrogen and oxygen atoms in total. The molecule has 208 valence electrons. The van der Waals surface area contributed by atoms with Crippen molar-refractivity contribution in [2.24, 2.45) is 10.8 Å². The number of esters is 1. The number of carbonyl (C=O) groups excluding carboxylic acids is 1. The van der Waals surface area contributed by atoms with E-state index in [1.807, 2.05) is 17.2 Å². The first-order valence-corrected chi connectivity index (χ1v) is 16.3. The minimum Gasteiger partial charge on any atom is -0.491 e. The fraction of sp³-hybridized carbons (Fsp3) is 0.552. The van der Waals surface area contributed by atoms with E-state index >= 15 is 0 Å². The van der Waals surface area contributed by atoms with Crippen LogP contribution in [0.1, 0.15) is 59.3 Å². The number of hydrogen-bond acceptors (Lipinski definition) is 7. The highest BCUT2D eigenvalue weighted by Crippen LogP contribution is 2.50. The van der Waals surface area contributed by atoms with Gasteiger partial charge < -0.3 is 14.4 Å². The number of halogens is 1. The molecule has 1 aliphatic carbocycles. The number of carbonyl (C=O) groups is 1. The molecular weight excluding hydrogens is 525 g/mol. The molecule has 0 aromatic heterocycles. The van der Waals surface area contributed by atoms with Crippen LogP contribution in [0.2, 0.25) is 0 Å². The number of unbranched alkanes of at least 4 members (excludes halogenated alkanes) is 1. The van der Waals surface area contributed by atoms with E-state index in [0.29, 0.717) is 43.9 Å². The second kappa shape index (κ2) is 11.5. The van der Waals surface area contributed by atoms with Gasteiger partial charge in [-0.2, -0.15) is 0 Å². The van der Waals surface area contributed by atoms with Crippen LogP contribution < -0.4 is 9.64 Å². The Morgan fingerprint density at radius 1 is 1.13 bits per heavy atom. The number of sulfone groups is 1. The van der Waals surface area contributed by atoms with E-state index in [1.54, 1.807) is 25.1 Å². The van der Waals surface area contributed by atoms with Crippen molar-refractivity contribution in [3.05, 3.63) is 42.2 Å². The highest BCUT2D eigenvalue weighted by molar-refractivity contribution is 7.98. The quantitative estimate of drug-likeness (QED) is 0.220. The molecule has 2 aromatic carbocycles. The lowest BCUT2D eigenvalue weighted by molar-refractivity contribution is -0.150. The molecule has 0 saturated heterocycles. The Hall–Kier alpha value is -2.26. The third-order valence-corrected chi connectivity index (χ3v) is 10.6. The number of fused-ring (bicyclic) bond motifs is 1. The molecule has 1 aliphatic heterocycles. The fourth-order valence-corrected chi connectivity index (χ4v) is 7.94. The van der Waals surface area contributed by atoms with Crippen molar-refractivity contribution in [1.82, 2.24) is 0 Å². The highest BCUT2D eigenvalue weighted by Gasteiger charge is 2.52. The standard InChI is InChI=1S/C29H38FNO5S2/c1-5-8-13-28(6-2)18-31(22-11-9-21(30)10-12-22)23-16-25(37-4)24(17-26(23)38(33,34)20-28)36-19-29(14-15-29)27(32)35-7-3/h9-12,16-17H,5-8,13-15,18-20H2,1-4H3. The monoisotopic (exact) mass is 563 g/mol. The molecule has 1 atom stereocenters. The van der Waals surface area contributed by atoms with Crippen LogP contribution in [0.5, 0.6) is 5.75 Å². The summed E-state index contributed by atoms with van der Waals surface area (Å²) in [5, 5.41) is 0. The molecule has 2 aromatic rings. The minimum absolute atomic E-state index is 0.0337. The maximum atomic E-state index is 14.0. The number of ether oxygens (including phenoxy) is 2. The Morgan fingerprint density at radius 2 is 1.84 bits per heavy atom. The van der Waals surface area contributed by atoms with Crippen LogP contribution in [-0.4, -0.2) is 46.2 Å². The minimum atomic E-state index is -3.68. The van der Waals surface area contributed by atoms with Crippen molar-refractivity contribution in [3.8, 4) is 5.75 Å². The lowest BCUT2D eigenvalue weighted by Crippen LogP contribution is -2.37. The Morgan fingerprint density at radius 3 is 2.42 bits per heavy atom. The van der Waals surface area contributed by atoms with E-state index in [1.165, 1.54) is 23.9 Å². The van der Waals surface area contributed by atoms with E-state index in [-0.39, 0.29) is 29.0 Å². The molecule has 0 N–H and O–H groups in total. The fourth-order valence-electron chi connectivity index (χ4n) is 5.21. The maximum Gasteiger partial charge on any atom is 0.315 e. The van der Waals surface area contributed by atoms with E-state index in [9.17, 15) is 17.6 Å². The van der Waals surface area contributed by atoms with Gasteiger partial charge in [-0.1, -0.05) is 26.7 Å². The average molecular weight is 564 g/mol. The van der Waals surface area contributed by atoms with Gasteiger partial charge in [-0.05, 0) is 69.2 Å². The Labute approximate surface area is 230 Å². The zero-order valence-corrected chi connectivity index (χ0v) is 24.4. The molecule has 1 unspecified atom stereocenters. The normalized spacial score (nSPS) is 21.3. The smallest absolute Gasteiger partial charge is 0.315 e. The zero-order chi connectivity index (χ0) is 27.6. The zero-order valence-electron chi connectivity index (χ0n) is 22.7. The largest absolute Gasteiger partial charge is 0.491 e. The third kappa shape index (κ3) is 5.83. The van der Waals surface area contributed by atoms with Crippen LogP contribution in [0.4, 0.5) is 15.8 Å². The molecule has 0 spiro atoms. The van der Waals surface area contributed by atoms with Crippen molar-refractivity contribution in [2.45, 2.75) is 69.1 Å². The molecule has 38 heavy (non-hydrogen) atoms. The number of benzene rings is 2. The summed E-state index contributed by atoms with van der Waals surface area (Å²) < 4.78 is 53.2. The summed E-state index contributed by atoms with van der Waals surface area (Å²) >= 11 is 1.46. The third-order valence-electron chi connectivity index (χ3n) is 7.88. The first-order valence-electron chi connectivity index (χ1n) is 13.4. The van der Waals surface area contributed by atoms with Gasteiger partial charge in [0.15, 0.2) is 9.84 Å². The van der Waals surface area contributed by atoms with Gasteiger partial charge in [-0.15, -0.1) is 11.8 Å². The summed E-state index contributed by atoms with van der Waals surface area (Å²) in [6, 6.07) is 9.72. The second-order valence-corrected chi connectivity index (χ2v) is 13.3. The molecule has 9 heteroatoms. The lowest BCUT2D eigenvalue weighted by Gasteiger charge is -2.36. The number of anilines is 2. The molecule has 0 bridgehead atoms. The maximum absolute atomic E-state index is 14.0. The van der Waals surface area contributed by atoms with Crippen LogP contribution in [0.15, 0.2) is 46.2 Å². The van der Waals surface area contributed by atoms with Crippen LogP contribution >= 0.6 is 11.8 Å². The molecule has 1 saturated carbocycles. The predicted octanol–water partition coefficient (Wildman–Crippen LogP) is 6.78. The van der Waals surface area contributed by atoms with Gasteiger partial charge in [-0.25, -0.2) is 12.8 Å². The average Bonchev–Trinajstić information content (AvgIpc) is 3.71. The summed E-state index contributed by atoms with van der Waals surface area (Å²) in [5.74, 6) is -0.119. The molecule has 0 radical (unpaired) electrons.